The van der Waals surface area contributed by atoms with Crippen LogP contribution in [0, 0.1) is 12.3 Å². The van der Waals surface area contributed by atoms with Crippen LogP contribution in [0.2, 0.25) is 0 Å². The molecule has 1 aromatic rings. The van der Waals surface area contributed by atoms with Gasteiger partial charge in [0.25, 0.3) is 0 Å². The third-order valence-electron chi connectivity index (χ3n) is 3.46. The normalized spacial score (nSPS) is 17.3. The van der Waals surface area contributed by atoms with E-state index in [0.29, 0.717) is 6.54 Å². The predicted molar refractivity (Wildman–Crippen MR) is 84.2 cm³/mol. The number of hydrogen-bond donors (Lipinski definition) is 3. The first-order chi connectivity index (χ1) is 9.52. The number of rotatable bonds is 3. The van der Waals surface area contributed by atoms with Crippen molar-refractivity contribution in [2.75, 3.05) is 20.2 Å². The van der Waals surface area contributed by atoms with Crippen LogP contribution >= 0.6 is 0 Å². The summed E-state index contributed by atoms with van der Waals surface area (Å²) in [4.78, 5) is 1.73. The predicted octanol–water partition coefficient (Wildman–Crippen LogP) is 2.15. The smallest absolute Gasteiger partial charge is 0.122 e. The van der Waals surface area contributed by atoms with Crippen molar-refractivity contribution < 1.29 is 5.11 Å². The van der Waals surface area contributed by atoms with Gasteiger partial charge in [-0.2, -0.15) is 0 Å². The highest BCUT2D eigenvalue weighted by Gasteiger charge is 2.05. The average molecular weight is 277 g/mol. The fourth-order valence-electron chi connectivity index (χ4n) is 2.04. The topological polar surface area (TPSA) is 59.4 Å². The molecule has 0 bridgehead atoms. The van der Waals surface area contributed by atoms with E-state index in [9.17, 15) is 0 Å². The second-order valence-corrected chi connectivity index (χ2v) is 5.44. The van der Waals surface area contributed by atoms with E-state index in [1.165, 1.54) is 24.9 Å². The maximum absolute atomic E-state index is 8.76. The van der Waals surface area contributed by atoms with Crippen molar-refractivity contribution in [2.24, 2.45) is 0 Å². The Morgan fingerprint density at radius 3 is 2.45 bits per heavy atom. The number of aryl methyl sites for hydroxylation is 1. The van der Waals surface area contributed by atoms with Crippen LogP contribution in [0.5, 0.6) is 0 Å². The fourth-order valence-corrected chi connectivity index (χ4v) is 2.04. The first-order valence-corrected chi connectivity index (χ1v) is 7.21. The summed E-state index contributed by atoms with van der Waals surface area (Å²) in [6, 6.07) is 8.97. The second-order valence-electron chi connectivity index (χ2n) is 5.44. The molecule has 0 aromatic heterocycles. The van der Waals surface area contributed by atoms with Crippen LogP contribution in [0.15, 0.2) is 24.3 Å². The van der Waals surface area contributed by atoms with E-state index in [-0.39, 0.29) is 12.4 Å². The van der Waals surface area contributed by atoms with E-state index in [2.05, 4.69) is 12.2 Å². The summed E-state index contributed by atoms with van der Waals surface area (Å²) in [5.74, 6) is 0.241. The number of amidine groups is 1. The number of aliphatic hydroxyl groups excluding tert-OH is 1. The number of benzene rings is 1. The minimum atomic E-state index is -0.206. The molecule has 0 spiro atoms. The molecule has 0 aliphatic carbocycles. The second kappa shape index (κ2) is 8.72. The SMILES string of the molecule is CC1CCCN1.Cc1ccc(CN(C)C(=N)CO)cc1. The highest BCUT2D eigenvalue weighted by Crippen LogP contribution is 2.05. The summed E-state index contributed by atoms with van der Waals surface area (Å²) in [6.07, 6.45) is 2.75. The molecule has 3 N–H and O–H groups in total. The zero-order chi connectivity index (χ0) is 15.0. The fraction of sp³-hybridized carbons (Fsp3) is 0.562. The highest BCUT2D eigenvalue weighted by molar-refractivity contribution is 5.79. The zero-order valence-electron chi connectivity index (χ0n) is 12.8. The number of hydrogen-bond acceptors (Lipinski definition) is 3. The van der Waals surface area contributed by atoms with Crippen molar-refractivity contribution in [3.05, 3.63) is 35.4 Å². The highest BCUT2D eigenvalue weighted by atomic mass is 16.3. The van der Waals surface area contributed by atoms with Gasteiger partial charge in [0.05, 0.1) is 0 Å². The van der Waals surface area contributed by atoms with Gasteiger partial charge in [-0.05, 0) is 38.8 Å². The molecule has 4 heteroatoms. The van der Waals surface area contributed by atoms with E-state index in [1.54, 1.807) is 11.9 Å². The molecule has 20 heavy (non-hydrogen) atoms. The summed E-state index contributed by atoms with van der Waals surface area (Å²) in [5, 5.41) is 19.5. The zero-order valence-corrected chi connectivity index (χ0v) is 12.8. The van der Waals surface area contributed by atoms with E-state index in [4.69, 9.17) is 10.5 Å². The number of nitrogens with zero attached hydrogens (tertiary/aromatic N) is 1. The van der Waals surface area contributed by atoms with Gasteiger partial charge >= 0.3 is 0 Å². The van der Waals surface area contributed by atoms with Gasteiger partial charge in [-0.3, -0.25) is 5.41 Å². The Morgan fingerprint density at radius 2 is 2.05 bits per heavy atom. The molecule has 2 rings (SSSR count). The largest absolute Gasteiger partial charge is 0.388 e. The summed E-state index contributed by atoms with van der Waals surface area (Å²) in [6.45, 7) is 5.97. The van der Waals surface area contributed by atoms with Crippen LogP contribution in [-0.2, 0) is 6.54 Å². The minimum Gasteiger partial charge on any atom is -0.388 e. The lowest BCUT2D eigenvalue weighted by Crippen LogP contribution is -2.27. The lowest BCUT2D eigenvalue weighted by molar-refractivity contribution is 0.329. The van der Waals surface area contributed by atoms with Crippen LogP contribution in [0.1, 0.15) is 30.9 Å². The van der Waals surface area contributed by atoms with E-state index in [1.807, 2.05) is 31.2 Å². The van der Waals surface area contributed by atoms with Crippen molar-refractivity contribution >= 4 is 5.84 Å². The Bertz CT molecular complexity index is 397. The van der Waals surface area contributed by atoms with Crippen LogP contribution in [0.3, 0.4) is 0 Å². The van der Waals surface area contributed by atoms with Gasteiger partial charge in [0.15, 0.2) is 0 Å². The minimum absolute atomic E-state index is 0.206. The van der Waals surface area contributed by atoms with Crippen LogP contribution in [0.25, 0.3) is 0 Å². The molecule has 0 saturated carbocycles. The maximum atomic E-state index is 8.76. The standard InChI is InChI=1S/C11H16N2O.C5H11N/c1-9-3-5-10(6-4-9)7-13(2)11(12)8-14;1-5-3-2-4-6-5/h3-6,12,14H,7-8H2,1-2H3;5-6H,2-4H2,1H3. The number of nitrogens with one attached hydrogen (secondary N) is 2. The monoisotopic (exact) mass is 277 g/mol. The van der Waals surface area contributed by atoms with Crippen molar-refractivity contribution in [3.8, 4) is 0 Å². The van der Waals surface area contributed by atoms with E-state index >= 15 is 0 Å². The molecular formula is C16H27N3O. The molecule has 1 saturated heterocycles. The molecule has 4 nitrogen and oxygen atoms in total. The van der Waals surface area contributed by atoms with E-state index in [0.717, 1.165) is 11.6 Å². The Labute approximate surface area is 122 Å². The van der Waals surface area contributed by atoms with Gasteiger partial charge in [0, 0.05) is 19.6 Å². The third-order valence-corrected chi connectivity index (χ3v) is 3.46. The molecule has 1 atom stereocenters. The Morgan fingerprint density at radius 1 is 1.40 bits per heavy atom. The molecule has 1 heterocycles. The molecule has 0 amide bonds. The Hall–Kier alpha value is -1.39. The average Bonchev–Trinajstić information content (AvgIpc) is 2.92. The molecule has 1 aromatic carbocycles. The third kappa shape index (κ3) is 6.17. The lowest BCUT2D eigenvalue weighted by Gasteiger charge is -2.18. The molecular weight excluding hydrogens is 250 g/mol. The molecule has 112 valence electrons. The number of aliphatic hydroxyl groups is 1. The van der Waals surface area contributed by atoms with Gasteiger partial charge in [-0.15, -0.1) is 0 Å². The molecule has 0 radical (unpaired) electrons. The first kappa shape index (κ1) is 16.7. The van der Waals surface area contributed by atoms with Crippen LogP contribution in [0.4, 0.5) is 0 Å². The van der Waals surface area contributed by atoms with Crippen molar-refractivity contribution in [2.45, 2.75) is 39.3 Å². The Balaban J connectivity index is 0.000000276. The van der Waals surface area contributed by atoms with Crippen LogP contribution in [-0.4, -0.2) is 42.1 Å². The van der Waals surface area contributed by atoms with Gasteiger partial charge in [-0.25, -0.2) is 0 Å². The van der Waals surface area contributed by atoms with Gasteiger partial charge < -0.3 is 15.3 Å². The summed E-state index contributed by atoms with van der Waals surface area (Å²) < 4.78 is 0. The van der Waals surface area contributed by atoms with Crippen molar-refractivity contribution in [1.82, 2.24) is 10.2 Å². The van der Waals surface area contributed by atoms with E-state index < -0.39 is 0 Å². The quantitative estimate of drug-likeness (QED) is 0.586. The summed E-state index contributed by atoms with van der Waals surface area (Å²) in [7, 11) is 1.80. The van der Waals surface area contributed by atoms with Crippen molar-refractivity contribution in [1.29, 1.82) is 5.41 Å². The molecule has 1 aliphatic heterocycles. The molecule has 1 unspecified atom stereocenters. The molecule has 1 aliphatic rings. The van der Waals surface area contributed by atoms with Gasteiger partial charge in [0.1, 0.15) is 12.4 Å². The Kier molecular flexibility index (Phi) is 7.26. The van der Waals surface area contributed by atoms with Crippen LogP contribution < -0.4 is 5.32 Å². The summed E-state index contributed by atoms with van der Waals surface area (Å²) >= 11 is 0. The van der Waals surface area contributed by atoms with Gasteiger partial charge in [-0.1, -0.05) is 29.8 Å². The van der Waals surface area contributed by atoms with Crippen molar-refractivity contribution in [3.63, 3.8) is 0 Å². The lowest BCUT2D eigenvalue weighted by atomic mass is 10.1. The first-order valence-electron chi connectivity index (χ1n) is 7.21. The number of likely N-dealkylation sites (N-methyl/N-ethyl adjacent to an activating group) is 1. The van der Waals surface area contributed by atoms with Gasteiger partial charge in [0.2, 0.25) is 0 Å². The maximum Gasteiger partial charge on any atom is 0.122 e. The molecule has 1 fully saturated rings. The summed E-state index contributed by atoms with van der Waals surface area (Å²) in [5.41, 5.74) is 2.38.